The van der Waals surface area contributed by atoms with Crippen molar-refractivity contribution < 1.29 is 23.9 Å². The number of amides is 3. The minimum atomic E-state index is -1.03. The second kappa shape index (κ2) is 8.59. The molecule has 3 atom stereocenters. The predicted molar refractivity (Wildman–Crippen MR) is 110 cm³/mol. The molecule has 1 heterocycles. The molecule has 1 aromatic rings. The van der Waals surface area contributed by atoms with Crippen LogP contribution in [0.25, 0.3) is 0 Å². The van der Waals surface area contributed by atoms with Gasteiger partial charge in [0.15, 0.2) is 6.61 Å². The second-order valence-corrected chi connectivity index (χ2v) is 8.58. The minimum Gasteiger partial charge on any atom is -0.454 e. The molecular formula is C20H23IN2O5. The summed E-state index contributed by atoms with van der Waals surface area (Å²) in [5, 5.41) is 2.69. The molecule has 1 aliphatic carbocycles. The lowest BCUT2D eigenvalue weighted by Crippen LogP contribution is -2.45. The first kappa shape index (κ1) is 20.8. The summed E-state index contributed by atoms with van der Waals surface area (Å²) >= 11 is 2.18. The Hall–Kier alpha value is -1.97. The van der Waals surface area contributed by atoms with Crippen molar-refractivity contribution in [2.45, 2.75) is 45.6 Å². The number of likely N-dealkylation sites (tertiary alicyclic amines) is 1. The molecule has 28 heavy (non-hydrogen) atoms. The van der Waals surface area contributed by atoms with Crippen molar-refractivity contribution in [3.05, 3.63) is 27.3 Å². The van der Waals surface area contributed by atoms with Crippen LogP contribution in [-0.4, -0.2) is 41.2 Å². The van der Waals surface area contributed by atoms with Gasteiger partial charge in [0.2, 0.25) is 11.8 Å². The van der Waals surface area contributed by atoms with Crippen LogP contribution < -0.4 is 5.32 Å². The molecule has 3 amide bonds. The van der Waals surface area contributed by atoms with Gasteiger partial charge in [-0.25, -0.2) is 4.79 Å². The zero-order chi connectivity index (χ0) is 20.4. The van der Waals surface area contributed by atoms with Crippen molar-refractivity contribution in [3.8, 4) is 0 Å². The number of aryl methyl sites for hydroxylation is 1. The number of anilines is 1. The first-order valence-corrected chi connectivity index (χ1v) is 10.5. The largest absolute Gasteiger partial charge is 0.454 e. The molecule has 1 saturated carbocycles. The van der Waals surface area contributed by atoms with E-state index in [0.29, 0.717) is 18.5 Å². The number of nitrogens with one attached hydrogen (secondary N) is 1. The predicted octanol–water partition coefficient (Wildman–Crippen LogP) is 2.65. The van der Waals surface area contributed by atoms with Crippen LogP contribution in [0.1, 0.15) is 38.2 Å². The smallest absolute Gasteiger partial charge is 0.329 e. The quantitative estimate of drug-likeness (QED) is 0.383. The van der Waals surface area contributed by atoms with Gasteiger partial charge < -0.3 is 10.1 Å². The van der Waals surface area contributed by atoms with Crippen LogP contribution in [-0.2, 0) is 23.9 Å². The van der Waals surface area contributed by atoms with E-state index >= 15 is 0 Å². The Morgan fingerprint density at radius 3 is 2.39 bits per heavy atom. The normalized spacial score (nSPS) is 22.6. The highest BCUT2D eigenvalue weighted by Crippen LogP contribution is 2.38. The molecule has 150 valence electrons. The van der Waals surface area contributed by atoms with E-state index in [9.17, 15) is 19.2 Å². The fraction of sp³-hybridized carbons (Fsp3) is 0.500. The summed E-state index contributed by atoms with van der Waals surface area (Å²) in [7, 11) is 0. The Labute approximate surface area is 177 Å². The van der Waals surface area contributed by atoms with E-state index in [1.165, 1.54) is 6.92 Å². The Morgan fingerprint density at radius 2 is 1.82 bits per heavy atom. The molecule has 7 nitrogen and oxygen atoms in total. The highest BCUT2D eigenvalue weighted by molar-refractivity contribution is 14.1. The van der Waals surface area contributed by atoms with Gasteiger partial charge in [0.1, 0.15) is 6.04 Å². The van der Waals surface area contributed by atoms with E-state index in [2.05, 4.69) is 27.9 Å². The van der Waals surface area contributed by atoms with Gasteiger partial charge in [-0.1, -0.05) is 12.8 Å². The van der Waals surface area contributed by atoms with Crippen molar-refractivity contribution >= 4 is 52.0 Å². The van der Waals surface area contributed by atoms with E-state index in [0.717, 1.165) is 26.9 Å². The van der Waals surface area contributed by atoms with Crippen LogP contribution in [0.5, 0.6) is 0 Å². The minimum absolute atomic E-state index is 0.293. The first-order valence-electron chi connectivity index (χ1n) is 9.39. The average molecular weight is 498 g/mol. The zero-order valence-corrected chi connectivity index (χ0v) is 18.0. The van der Waals surface area contributed by atoms with Crippen LogP contribution in [0.4, 0.5) is 5.69 Å². The van der Waals surface area contributed by atoms with Crippen LogP contribution in [0, 0.1) is 22.3 Å². The number of benzene rings is 1. The van der Waals surface area contributed by atoms with Crippen LogP contribution in [0.3, 0.4) is 0 Å². The number of carbonyl (C=O) groups excluding carboxylic acids is 4. The van der Waals surface area contributed by atoms with E-state index in [1.54, 1.807) is 6.07 Å². The van der Waals surface area contributed by atoms with Gasteiger partial charge in [0, 0.05) is 9.26 Å². The van der Waals surface area contributed by atoms with Gasteiger partial charge in [0.25, 0.3) is 5.91 Å². The van der Waals surface area contributed by atoms with E-state index in [4.69, 9.17) is 4.74 Å². The van der Waals surface area contributed by atoms with Gasteiger partial charge >= 0.3 is 5.97 Å². The topological polar surface area (TPSA) is 92.8 Å². The van der Waals surface area contributed by atoms with Crippen LogP contribution >= 0.6 is 22.6 Å². The van der Waals surface area contributed by atoms with Gasteiger partial charge in [-0.15, -0.1) is 0 Å². The molecule has 3 rings (SSSR count). The third kappa shape index (κ3) is 4.21. The molecule has 2 fully saturated rings. The molecule has 1 aliphatic heterocycles. The van der Waals surface area contributed by atoms with Crippen molar-refractivity contribution in [3.63, 3.8) is 0 Å². The Balaban J connectivity index is 1.56. The highest BCUT2D eigenvalue weighted by Gasteiger charge is 2.51. The van der Waals surface area contributed by atoms with Gasteiger partial charge in [0.05, 0.1) is 11.8 Å². The fourth-order valence-electron chi connectivity index (χ4n) is 3.89. The number of carbonyl (C=O) groups is 4. The molecule has 0 radical (unpaired) electrons. The van der Waals surface area contributed by atoms with E-state index in [-0.39, 0.29) is 23.7 Å². The Bertz CT molecular complexity index is 801. The summed E-state index contributed by atoms with van der Waals surface area (Å²) in [4.78, 5) is 50.6. The molecule has 1 N–H and O–H groups in total. The third-order valence-corrected chi connectivity index (χ3v) is 6.08. The summed E-state index contributed by atoms with van der Waals surface area (Å²) in [6.45, 7) is 2.87. The third-order valence-electron chi connectivity index (χ3n) is 5.41. The fourth-order valence-corrected chi connectivity index (χ4v) is 4.53. The van der Waals surface area contributed by atoms with Crippen molar-refractivity contribution in [2.75, 3.05) is 11.9 Å². The first-order chi connectivity index (χ1) is 13.3. The summed E-state index contributed by atoms with van der Waals surface area (Å²) in [5.74, 6) is -2.45. The van der Waals surface area contributed by atoms with Gasteiger partial charge in [-0.2, -0.15) is 0 Å². The summed E-state index contributed by atoms with van der Waals surface area (Å²) in [6.07, 6.45) is 3.21. The monoisotopic (exact) mass is 498 g/mol. The van der Waals surface area contributed by atoms with Gasteiger partial charge in [-0.05, 0) is 73.0 Å². The Morgan fingerprint density at radius 1 is 1.21 bits per heavy atom. The SMILES string of the molecule is Cc1cc(I)ccc1NC(=O)COC(=O)[C@H](C)N1C(=O)C2CCCCC2C1=O. The number of halogens is 1. The number of esters is 1. The lowest BCUT2D eigenvalue weighted by molar-refractivity contribution is -0.159. The molecule has 0 aromatic heterocycles. The van der Waals surface area contributed by atoms with E-state index < -0.39 is 24.5 Å². The van der Waals surface area contributed by atoms with Crippen molar-refractivity contribution in [1.29, 1.82) is 0 Å². The molecule has 8 heteroatoms. The van der Waals surface area contributed by atoms with Crippen molar-refractivity contribution in [2.24, 2.45) is 11.8 Å². The number of ether oxygens (including phenoxy) is 1. The summed E-state index contributed by atoms with van der Waals surface area (Å²) in [5.41, 5.74) is 1.54. The second-order valence-electron chi connectivity index (χ2n) is 7.34. The number of nitrogens with zero attached hydrogens (tertiary/aromatic N) is 1. The standard InChI is InChI=1S/C20H23IN2O5/c1-11-9-13(21)7-8-16(11)22-17(24)10-28-20(27)12(2)23-18(25)14-5-3-4-6-15(14)19(23)26/h7-9,12,14-15H,3-6,10H2,1-2H3,(H,22,24)/t12-,14?,15?/m0/s1. The molecule has 0 spiro atoms. The van der Waals surface area contributed by atoms with Crippen molar-refractivity contribution in [1.82, 2.24) is 4.90 Å². The molecule has 0 bridgehead atoms. The highest BCUT2D eigenvalue weighted by atomic mass is 127. The number of hydrogen-bond acceptors (Lipinski definition) is 5. The summed E-state index contributed by atoms with van der Waals surface area (Å²) < 4.78 is 6.12. The molecule has 2 aliphatic rings. The van der Waals surface area contributed by atoms with Crippen LogP contribution in [0.15, 0.2) is 18.2 Å². The maximum atomic E-state index is 12.6. The molecule has 1 aromatic carbocycles. The number of fused-ring (bicyclic) bond motifs is 1. The van der Waals surface area contributed by atoms with Crippen LogP contribution in [0.2, 0.25) is 0 Å². The lowest BCUT2D eigenvalue weighted by atomic mass is 9.81. The summed E-state index contributed by atoms with van der Waals surface area (Å²) in [6, 6.07) is 4.54. The number of imide groups is 1. The molecule has 2 unspecified atom stereocenters. The number of rotatable bonds is 5. The average Bonchev–Trinajstić information content (AvgIpc) is 2.92. The van der Waals surface area contributed by atoms with Gasteiger partial charge in [-0.3, -0.25) is 19.3 Å². The Kier molecular flexibility index (Phi) is 6.36. The lowest BCUT2D eigenvalue weighted by Gasteiger charge is -2.21. The van der Waals surface area contributed by atoms with E-state index in [1.807, 2.05) is 19.1 Å². The molecule has 1 saturated heterocycles. The molecular weight excluding hydrogens is 475 g/mol. The maximum Gasteiger partial charge on any atom is 0.329 e. The maximum absolute atomic E-state index is 12.6. The zero-order valence-electron chi connectivity index (χ0n) is 15.9. The number of hydrogen-bond donors (Lipinski definition) is 1.